The number of nitrogens with one attached hydrogen (secondary N) is 1. The molecule has 0 bridgehead atoms. The van der Waals surface area contributed by atoms with Crippen LogP contribution >= 0.6 is 0 Å². The van der Waals surface area contributed by atoms with Crippen molar-refractivity contribution in [3.8, 4) is 0 Å². The van der Waals surface area contributed by atoms with Crippen molar-refractivity contribution < 1.29 is 21.9 Å². The summed E-state index contributed by atoms with van der Waals surface area (Å²) >= 11 is 0. The molecule has 3 rings (SSSR count). The lowest BCUT2D eigenvalue weighted by Gasteiger charge is -2.35. The number of morpholine rings is 1. The highest BCUT2D eigenvalue weighted by Crippen LogP contribution is 2.26. The molecular weight excluding hydrogens is 398 g/mol. The van der Waals surface area contributed by atoms with Crippen molar-refractivity contribution in [1.29, 1.82) is 0 Å². The van der Waals surface area contributed by atoms with Crippen LogP contribution in [-0.2, 0) is 27.7 Å². The first-order valence-electron chi connectivity index (χ1n) is 9.56. The second-order valence-electron chi connectivity index (χ2n) is 7.42. The van der Waals surface area contributed by atoms with Gasteiger partial charge < -0.3 is 10.1 Å². The third-order valence-electron chi connectivity index (χ3n) is 4.84. The van der Waals surface area contributed by atoms with E-state index in [4.69, 9.17) is 4.74 Å². The number of anilines is 1. The Kier molecular flexibility index (Phi) is 6.87. The fourth-order valence-corrected chi connectivity index (χ4v) is 4.50. The summed E-state index contributed by atoms with van der Waals surface area (Å²) in [7, 11) is -4.66. The molecule has 0 aliphatic carbocycles. The number of hydrogen-bond donors (Lipinski definition) is 1. The smallest absolute Gasteiger partial charge is 0.341 e. The number of hydrogen-bond acceptors (Lipinski definition) is 5. The van der Waals surface area contributed by atoms with E-state index in [-0.39, 0.29) is 22.8 Å². The number of alkyl halides is 2. The largest absolute Gasteiger partial charge is 0.380 e. The molecule has 0 spiro atoms. The zero-order valence-corrected chi connectivity index (χ0v) is 17.3. The Balaban J connectivity index is 1.63. The first-order valence-corrected chi connectivity index (χ1v) is 11.1. The van der Waals surface area contributed by atoms with Gasteiger partial charge in [-0.3, -0.25) is 4.90 Å². The molecule has 0 radical (unpaired) electrons. The van der Waals surface area contributed by atoms with Crippen LogP contribution in [-0.4, -0.2) is 44.4 Å². The van der Waals surface area contributed by atoms with Gasteiger partial charge in [0.05, 0.1) is 22.8 Å². The van der Waals surface area contributed by atoms with Crippen LogP contribution < -0.4 is 5.32 Å². The Bertz CT molecular complexity index is 910. The summed E-state index contributed by atoms with van der Waals surface area (Å²) in [5.41, 5.74) is 2.28. The quantitative estimate of drug-likeness (QED) is 0.731. The fraction of sp³-hybridized carbons (Fsp3) is 0.429. The fourth-order valence-electron chi connectivity index (χ4n) is 3.59. The molecule has 1 aliphatic heterocycles. The van der Waals surface area contributed by atoms with Crippen LogP contribution in [0.5, 0.6) is 0 Å². The van der Waals surface area contributed by atoms with Crippen molar-refractivity contribution in [2.45, 2.75) is 49.8 Å². The average molecular weight is 425 g/mol. The highest BCUT2D eigenvalue weighted by Gasteiger charge is 2.29. The van der Waals surface area contributed by atoms with Crippen molar-refractivity contribution >= 4 is 15.5 Å². The van der Waals surface area contributed by atoms with E-state index in [1.165, 1.54) is 23.8 Å². The lowest BCUT2D eigenvalue weighted by molar-refractivity contribution is -0.0704. The van der Waals surface area contributed by atoms with Crippen molar-refractivity contribution in [1.82, 2.24) is 4.90 Å². The van der Waals surface area contributed by atoms with Crippen LogP contribution in [0.1, 0.15) is 25.0 Å². The monoisotopic (exact) mass is 424 g/mol. The van der Waals surface area contributed by atoms with Gasteiger partial charge in [0.2, 0.25) is 9.84 Å². The summed E-state index contributed by atoms with van der Waals surface area (Å²) in [6, 6.07) is 13.7. The van der Waals surface area contributed by atoms with E-state index in [1.807, 2.05) is 24.3 Å². The molecule has 1 saturated heterocycles. The van der Waals surface area contributed by atoms with Gasteiger partial charge in [0.25, 0.3) is 0 Å². The first-order chi connectivity index (χ1) is 13.8. The molecule has 2 aromatic rings. The van der Waals surface area contributed by atoms with Gasteiger partial charge in [-0.05, 0) is 37.1 Å². The molecule has 1 N–H and O–H groups in total. The summed E-state index contributed by atoms with van der Waals surface area (Å²) in [5.74, 6) is -3.45. The van der Waals surface area contributed by atoms with Gasteiger partial charge in [-0.15, -0.1) is 0 Å². The van der Waals surface area contributed by atoms with Crippen LogP contribution in [0.25, 0.3) is 0 Å². The van der Waals surface area contributed by atoms with E-state index in [0.717, 1.165) is 25.2 Å². The van der Waals surface area contributed by atoms with E-state index in [2.05, 4.69) is 24.1 Å². The average Bonchev–Trinajstić information content (AvgIpc) is 2.67. The van der Waals surface area contributed by atoms with Gasteiger partial charge in [-0.25, -0.2) is 8.42 Å². The summed E-state index contributed by atoms with van der Waals surface area (Å²) < 4.78 is 55.2. The number of halogens is 2. The minimum absolute atomic E-state index is 0.174. The number of rotatable bonds is 7. The Morgan fingerprint density at radius 3 is 2.24 bits per heavy atom. The molecule has 5 nitrogen and oxygen atoms in total. The second-order valence-corrected chi connectivity index (χ2v) is 9.31. The van der Waals surface area contributed by atoms with Crippen LogP contribution in [0.2, 0.25) is 0 Å². The highest BCUT2D eigenvalue weighted by atomic mass is 32.2. The summed E-state index contributed by atoms with van der Waals surface area (Å²) in [6.07, 6.45) is 0.429. The molecule has 2 aromatic carbocycles. The molecule has 1 heterocycles. The SMILES string of the molecule is CC1CN(Cc2ccc(CNc3ccccc3S(=O)(=O)C(F)F)cc2)CC(C)O1. The summed E-state index contributed by atoms with van der Waals surface area (Å²) in [5, 5.41) is 2.96. The molecule has 0 amide bonds. The van der Waals surface area contributed by atoms with Gasteiger partial charge in [0, 0.05) is 26.2 Å². The molecule has 0 aromatic heterocycles. The van der Waals surface area contributed by atoms with E-state index in [0.29, 0.717) is 6.54 Å². The number of benzene rings is 2. The number of para-hydroxylation sites is 1. The molecule has 1 fully saturated rings. The van der Waals surface area contributed by atoms with E-state index < -0.39 is 15.6 Å². The predicted molar refractivity (Wildman–Crippen MR) is 109 cm³/mol. The van der Waals surface area contributed by atoms with E-state index in [9.17, 15) is 17.2 Å². The maximum absolute atomic E-state index is 12.9. The zero-order valence-electron chi connectivity index (χ0n) is 16.5. The zero-order chi connectivity index (χ0) is 21.0. The van der Waals surface area contributed by atoms with Crippen molar-refractivity contribution in [3.05, 3.63) is 59.7 Å². The minimum atomic E-state index is -4.66. The number of ether oxygens (including phenoxy) is 1. The molecule has 29 heavy (non-hydrogen) atoms. The maximum Gasteiger partial charge on any atom is 0.341 e. The summed E-state index contributed by atoms with van der Waals surface area (Å²) in [6.45, 7) is 7.10. The van der Waals surface area contributed by atoms with Crippen LogP contribution in [0.3, 0.4) is 0 Å². The Hall–Kier alpha value is -2.03. The van der Waals surface area contributed by atoms with Crippen LogP contribution in [0.4, 0.5) is 14.5 Å². The molecule has 2 unspecified atom stereocenters. The molecule has 1 aliphatic rings. The third kappa shape index (κ3) is 5.52. The maximum atomic E-state index is 12.9. The highest BCUT2D eigenvalue weighted by molar-refractivity contribution is 7.91. The van der Waals surface area contributed by atoms with Crippen molar-refractivity contribution in [2.24, 2.45) is 0 Å². The Labute approximate surface area is 170 Å². The van der Waals surface area contributed by atoms with Gasteiger partial charge in [0.1, 0.15) is 0 Å². The standard InChI is InChI=1S/C21H26F2N2O3S/c1-15-12-25(13-16(2)28-15)14-18-9-7-17(8-10-18)11-24-19-5-3-4-6-20(19)29(26,27)21(22)23/h3-10,15-16,21,24H,11-14H2,1-2H3. The third-order valence-corrected chi connectivity index (χ3v) is 6.27. The molecule has 2 atom stereocenters. The summed E-state index contributed by atoms with van der Waals surface area (Å²) in [4.78, 5) is 1.97. The number of sulfone groups is 1. The first kappa shape index (κ1) is 21.7. The van der Waals surface area contributed by atoms with Gasteiger partial charge >= 0.3 is 5.76 Å². The van der Waals surface area contributed by atoms with E-state index >= 15 is 0 Å². The van der Waals surface area contributed by atoms with Gasteiger partial charge in [0.15, 0.2) is 0 Å². The lowest BCUT2D eigenvalue weighted by atomic mass is 10.1. The molecule has 0 saturated carbocycles. The van der Waals surface area contributed by atoms with Gasteiger partial charge in [-0.2, -0.15) is 8.78 Å². The predicted octanol–water partition coefficient (Wildman–Crippen LogP) is 3.90. The Morgan fingerprint density at radius 1 is 1.03 bits per heavy atom. The van der Waals surface area contributed by atoms with Crippen LogP contribution in [0.15, 0.2) is 53.4 Å². The van der Waals surface area contributed by atoms with Crippen molar-refractivity contribution in [3.63, 3.8) is 0 Å². The van der Waals surface area contributed by atoms with E-state index in [1.54, 1.807) is 6.07 Å². The molecule has 158 valence electrons. The molecule has 8 heteroatoms. The lowest BCUT2D eigenvalue weighted by Crippen LogP contribution is -2.44. The molecular formula is C21H26F2N2O3S. The normalized spacial score (nSPS) is 20.7. The van der Waals surface area contributed by atoms with Crippen LogP contribution in [0, 0.1) is 0 Å². The minimum Gasteiger partial charge on any atom is -0.380 e. The topological polar surface area (TPSA) is 58.6 Å². The van der Waals surface area contributed by atoms with Crippen molar-refractivity contribution in [2.75, 3.05) is 18.4 Å². The number of nitrogens with zero attached hydrogens (tertiary/aromatic N) is 1. The Morgan fingerprint density at radius 2 is 1.62 bits per heavy atom. The van der Waals surface area contributed by atoms with Gasteiger partial charge in [-0.1, -0.05) is 36.4 Å². The second kappa shape index (κ2) is 9.19.